The summed E-state index contributed by atoms with van der Waals surface area (Å²) in [6.45, 7) is 8.64. The van der Waals surface area contributed by atoms with E-state index in [9.17, 15) is 0 Å². The number of guanidine groups is 1. The smallest absolute Gasteiger partial charge is 0.188 e. The lowest BCUT2D eigenvalue weighted by Crippen LogP contribution is -2.38. The molecule has 3 N–H and O–H groups in total. The van der Waals surface area contributed by atoms with E-state index in [0.717, 1.165) is 57.1 Å². The average Bonchev–Trinajstić information content (AvgIpc) is 2.60. The third-order valence-corrected chi connectivity index (χ3v) is 3.72. The minimum atomic E-state index is 0. The van der Waals surface area contributed by atoms with E-state index in [0.29, 0.717) is 19.1 Å². The number of ether oxygens (including phenoxy) is 2. The Kier molecular flexibility index (Phi) is 10.8. The zero-order chi connectivity index (χ0) is 16.3. The van der Waals surface area contributed by atoms with E-state index in [1.165, 1.54) is 0 Å². The van der Waals surface area contributed by atoms with Gasteiger partial charge in [0.25, 0.3) is 0 Å². The fraction of sp³-hybridized carbons (Fsp3) is 0.588. The van der Waals surface area contributed by atoms with Crippen LogP contribution in [-0.4, -0.2) is 56.9 Å². The third-order valence-electron chi connectivity index (χ3n) is 3.72. The second-order valence-electron chi connectivity index (χ2n) is 5.54. The molecule has 0 radical (unpaired) electrons. The van der Waals surface area contributed by atoms with Crippen molar-refractivity contribution in [1.82, 2.24) is 10.2 Å². The van der Waals surface area contributed by atoms with Gasteiger partial charge >= 0.3 is 0 Å². The maximum Gasteiger partial charge on any atom is 0.188 e. The maximum absolute atomic E-state index is 5.94. The maximum atomic E-state index is 5.94. The molecule has 1 aliphatic heterocycles. The van der Waals surface area contributed by atoms with Crippen LogP contribution in [0.5, 0.6) is 5.75 Å². The van der Waals surface area contributed by atoms with E-state index in [-0.39, 0.29) is 24.0 Å². The van der Waals surface area contributed by atoms with Gasteiger partial charge in [0, 0.05) is 31.7 Å². The highest BCUT2D eigenvalue weighted by molar-refractivity contribution is 14.0. The van der Waals surface area contributed by atoms with Crippen molar-refractivity contribution in [2.45, 2.75) is 19.9 Å². The number of morpholine rings is 1. The molecule has 0 bridgehead atoms. The van der Waals surface area contributed by atoms with E-state index in [2.05, 4.69) is 22.1 Å². The van der Waals surface area contributed by atoms with Gasteiger partial charge in [0.15, 0.2) is 5.96 Å². The highest BCUT2D eigenvalue weighted by Crippen LogP contribution is 2.18. The highest BCUT2D eigenvalue weighted by atomic mass is 127. The molecule has 6 nitrogen and oxygen atoms in total. The Balaban J connectivity index is 0.00000288. The minimum absolute atomic E-state index is 0. The van der Waals surface area contributed by atoms with Crippen molar-refractivity contribution in [3.8, 4) is 5.75 Å². The molecule has 1 aliphatic rings. The molecule has 24 heavy (non-hydrogen) atoms. The summed E-state index contributed by atoms with van der Waals surface area (Å²) in [4.78, 5) is 6.72. The largest absolute Gasteiger partial charge is 0.492 e. The van der Waals surface area contributed by atoms with Gasteiger partial charge < -0.3 is 20.5 Å². The molecule has 0 unspecified atom stereocenters. The molecule has 0 aromatic heterocycles. The zero-order valence-electron chi connectivity index (χ0n) is 14.4. The molecule has 0 spiro atoms. The molecule has 0 saturated carbocycles. The summed E-state index contributed by atoms with van der Waals surface area (Å²) in [5.74, 6) is 1.36. The summed E-state index contributed by atoms with van der Waals surface area (Å²) in [5.41, 5.74) is 6.89. The molecule has 0 atom stereocenters. The molecule has 136 valence electrons. The van der Waals surface area contributed by atoms with Crippen molar-refractivity contribution >= 4 is 29.9 Å². The first kappa shape index (κ1) is 21.0. The van der Waals surface area contributed by atoms with E-state index in [1.54, 1.807) is 0 Å². The summed E-state index contributed by atoms with van der Waals surface area (Å²) >= 11 is 0. The Labute approximate surface area is 161 Å². The van der Waals surface area contributed by atoms with Gasteiger partial charge in [0.05, 0.1) is 19.8 Å². The second kappa shape index (κ2) is 12.3. The van der Waals surface area contributed by atoms with E-state index in [1.807, 2.05) is 24.3 Å². The number of nitrogens with zero attached hydrogens (tertiary/aromatic N) is 2. The monoisotopic (exact) mass is 448 g/mol. The first-order valence-corrected chi connectivity index (χ1v) is 8.34. The Morgan fingerprint density at radius 2 is 2.08 bits per heavy atom. The number of hydrogen-bond acceptors (Lipinski definition) is 4. The quantitative estimate of drug-likeness (QED) is 0.361. The van der Waals surface area contributed by atoms with Crippen LogP contribution in [0.3, 0.4) is 0 Å². The van der Waals surface area contributed by atoms with E-state index in [4.69, 9.17) is 15.2 Å². The summed E-state index contributed by atoms with van der Waals surface area (Å²) in [6, 6.07) is 7.99. The van der Waals surface area contributed by atoms with Crippen LogP contribution < -0.4 is 15.8 Å². The van der Waals surface area contributed by atoms with Crippen LogP contribution in [0, 0.1) is 0 Å². The van der Waals surface area contributed by atoms with Gasteiger partial charge in [-0.25, -0.2) is 4.99 Å². The van der Waals surface area contributed by atoms with E-state index >= 15 is 0 Å². The third kappa shape index (κ3) is 7.67. The molecule has 1 fully saturated rings. The van der Waals surface area contributed by atoms with Crippen LogP contribution in [0.4, 0.5) is 0 Å². The van der Waals surface area contributed by atoms with Crippen LogP contribution in [0.2, 0.25) is 0 Å². The van der Waals surface area contributed by atoms with Crippen LogP contribution in [-0.2, 0) is 11.3 Å². The summed E-state index contributed by atoms with van der Waals surface area (Å²) in [7, 11) is 0. The number of para-hydroxylation sites is 1. The van der Waals surface area contributed by atoms with E-state index < -0.39 is 0 Å². The molecule has 7 heteroatoms. The van der Waals surface area contributed by atoms with Crippen molar-refractivity contribution < 1.29 is 9.47 Å². The van der Waals surface area contributed by atoms with Crippen LogP contribution >= 0.6 is 24.0 Å². The molecule has 0 amide bonds. The Morgan fingerprint density at radius 1 is 1.33 bits per heavy atom. The topological polar surface area (TPSA) is 72.1 Å². The molecular formula is C17H29IN4O2. The molecule has 1 heterocycles. The Bertz CT molecular complexity index is 493. The minimum Gasteiger partial charge on any atom is -0.492 e. The van der Waals surface area contributed by atoms with Gasteiger partial charge in [-0.1, -0.05) is 25.1 Å². The van der Waals surface area contributed by atoms with Crippen molar-refractivity contribution in [3.05, 3.63) is 29.8 Å². The van der Waals surface area contributed by atoms with Gasteiger partial charge in [-0.3, -0.25) is 4.90 Å². The van der Waals surface area contributed by atoms with Crippen LogP contribution in [0.1, 0.15) is 18.9 Å². The first-order valence-electron chi connectivity index (χ1n) is 8.34. The molecule has 1 saturated heterocycles. The summed E-state index contributed by atoms with van der Waals surface area (Å²) in [6.07, 6.45) is 1.03. The van der Waals surface area contributed by atoms with Gasteiger partial charge in [-0.15, -0.1) is 24.0 Å². The molecule has 1 aromatic rings. The average molecular weight is 448 g/mol. The van der Waals surface area contributed by atoms with Crippen LogP contribution in [0.25, 0.3) is 0 Å². The van der Waals surface area contributed by atoms with Gasteiger partial charge in [0.2, 0.25) is 0 Å². The fourth-order valence-corrected chi connectivity index (χ4v) is 2.36. The number of rotatable bonds is 8. The standard InChI is InChI=1S/C17H28N4O2.HI/c1-2-7-19-17(18)20-14-15-5-3-4-6-16(15)23-13-10-21-8-11-22-12-9-21;/h3-6H,2,7-14H2,1H3,(H3,18,19,20);1H. The van der Waals surface area contributed by atoms with Crippen molar-refractivity contribution in [3.63, 3.8) is 0 Å². The molecule has 1 aromatic carbocycles. The number of benzene rings is 1. The number of hydrogen-bond donors (Lipinski definition) is 2. The zero-order valence-corrected chi connectivity index (χ0v) is 16.7. The second-order valence-corrected chi connectivity index (χ2v) is 5.54. The summed E-state index contributed by atoms with van der Waals surface area (Å²) < 4.78 is 11.3. The number of nitrogens with one attached hydrogen (secondary N) is 1. The number of aliphatic imine (C=N–C) groups is 1. The number of nitrogens with two attached hydrogens (primary N) is 1. The molecule has 2 rings (SSSR count). The highest BCUT2D eigenvalue weighted by Gasteiger charge is 2.10. The first-order chi connectivity index (χ1) is 11.3. The SMILES string of the molecule is CCCNC(N)=NCc1ccccc1OCCN1CCOCC1.I. The van der Waals surface area contributed by atoms with Crippen molar-refractivity contribution in [1.29, 1.82) is 0 Å². The van der Waals surface area contributed by atoms with Gasteiger partial charge in [-0.2, -0.15) is 0 Å². The Hall–Kier alpha value is -1.06. The molecular weight excluding hydrogens is 419 g/mol. The van der Waals surface area contributed by atoms with Crippen molar-refractivity contribution in [2.24, 2.45) is 10.7 Å². The lowest BCUT2D eigenvalue weighted by molar-refractivity contribution is 0.0322. The van der Waals surface area contributed by atoms with Crippen LogP contribution in [0.15, 0.2) is 29.3 Å². The van der Waals surface area contributed by atoms with Gasteiger partial charge in [-0.05, 0) is 12.5 Å². The lowest BCUT2D eigenvalue weighted by Gasteiger charge is -2.26. The Morgan fingerprint density at radius 3 is 2.83 bits per heavy atom. The number of halogens is 1. The molecule has 0 aliphatic carbocycles. The predicted molar refractivity (Wildman–Crippen MR) is 108 cm³/mol. The lowest BCUT2D eigenvalue weighted by atomic mass is 10.2. The van der Waals surface area contributed by atoms with Crippen molar-refractivity contribution in [2.75, 3.05) is 46.0 Å². The fourth-order valence-electron chi connectivity index (χ4n) is 2.36. The summed E-state index contributed by atoms with van der Waals surface area (Å²) in [5, 5.41) is 3.08. The predicted octanol–water partition coefficient (Wildman–Crippen LogP) is 1.83. The van der Waals surface area contributed by atoms with Gasteiger partial charge in [0.1, 0.15) is 12.4 Å². The normalized spacial score (nSPS) is 15.6.